The average Bonchev–Trinajstić information content (AvgIpc) is 3.14. The van der Waals surface area contributed by atoms with E-state index in [1.807, 2.05) is 0 Å². The zero-order chi connectivity index (χ0) is 21.0. The van der Waals surface area contributed by atoms with Gasteiger partial charge in [0.2, 0.25) is 11.4 Å². The fourth-order valence-corrected chi connectivity index (χ4v) is 3.71. The van der Waals surface area contributed by atoms with E-state index in [2.05, 4.69) is 9.98 Å². The van der Waals surface area contributed by atoms with Gasteiger partial charge in [0, 0.05) is 13.8 Å². The first kappa shape index (κ1) is 20.2. The normalized spacial score (nSPS) is 37.1. The number of hydrogen-bond donors (Lipinski definition) is 4. The quantitative estimate of drug-likeness (QED) is 0.396. The molecule has 28 heavy (non-hydrogen) atoms. The van der Waals surface area contributed by atoms with Crippen LogP contribution < -0.4 is 0 Å². The average molecular weight is 395 g/mol. The highest BCUT2D eigenvalue weighted by atomic mass is 16.6. The lowest BCUT2D eigenvalue weighted by Crippen LogP contribution is -2.70. The fraction of sp³-hybridized carbons (Fsp3) is 0.625. The molecule has 1 saturated heterocycles. The Balaban J connectivity index is 2.14. The van der Waals surface area contributed by atoms with Gasteiger partial charge in [0.1, 0.15) is 18.3 Å². The first-order chi connectivity index (χ1) is 13.1. The van der Waals surface area contributed by atoms with Crippen molar-refractivity contribution < 1.29 is 34.4 Å². The van der Waals surface area contributed by atoms with Crippen molar-refractivity contribution in [2.24, 2.45) is 9.98 Å². The molecule has 0 saturated carbocycles. The highest BCUT2D eigenvalue weighted by Crippen LogP contribution is 2.38. The van der Waals surface area contributed by atoms with Gasteiger partial charge in [-0.1, -0.05) is 0 Å². The number of rotatable bonds is 4. The van der Waals surface area contributed by atoms with Crippen LogP contribution in [0.5, 0.6) is 0 Å². The zero-order valence-electron chi connectivity index (χ0n) is 15.4. The van der Waals surface area contributed by atoms with E-state index in [4.69, 9.17) is 10.1 Å². The summed E-state index contributed by atoms with van der Waals surface area (Å²) in [6.45, 7) is 2.92. The van der Waals surface area contributed by atoms with E-state index in [1.54, 1.807) is 0 Å². The van der Waals surface area contributed by atoms with Crippen LogP contribution in [-0.4, -0.2) is 103 Å². The van der Waals surface area contributed by atoms with E-state index in [9.17, 15) is 29.7 Å². The molecule has 3 aliphatic heterocycles. The van der Waals surface area contributed by atoms with Crippen molar-refractivity contribution >= 4 is 35.5 Å². The van der Waals surface area contributed by atoms with Gasteiger partial charge in [0.15, 0.2) is 35.6 Å². The summed E-state index contributed by atoms with van der Waals surface area (Å²) in [5, 5.41) is 38.0. The van der Waals surface area contributed by atoms with Gasteiger partial charge in [0.25, 0.3) is 0 Å². The van der Waals surface area contributed by atoms with Gasteiger partial charge in [-0.3, -0.25) is 24.7 Å². The lowest BCUT2D eigenvalue weighted by Gasteiger charge is -2.45. The molecule has 0 bridgehead atoms. The monoisotopic (exact) mass is 395 g/mol. The highest BCUT2D eigenvalue weighted by Gasteiger charge is 2.63. The molecule has 0 aromatic rings. The standard InChI is InChI=1S/C16H21N5O7/c1-6(23)12-19-14(17)16(7(2)24)15(21(12)8(3)25)20(5-18-16)13-11(27)10(26)9(4-22)28-13/h5,9-11,13,15,17,22,26-27H,4H2,1-3H3/t9-,10-,11-,13-,15?,16?/m1/s1. The summed E-state index contributed by atoms with van der Waals surface area (Å²) in [7, 11) is 0. The van der Waals surface area contributed by atoms with Crippen LogP contribution in [0.3, 0.4) is 0 Å². The van der Waals surface area contributed by atoms with Gasteiger partial charge in [-0.2, -0.15) is 0 Å². The maximum Gasteiger partial charge on any atom is 0.226 e. The molecule has 0 aliphatic carbocycles. The fourth-order valence-electron chi connectivity index (χ4n) is 3.71. The van der Waals surface area contributed by atoms with E-state index in [1.165, 1.54) is 11.8 Å². The number of aliphatic hydroxyl groups is 3. The Morgan fingerprint density at radius 1 is 1.25 bits per heavy atom. The van der Waals surface area contributed by atoms with Crippen LogP contribution in [0, 0.1) is 5.41 Å². The number of hydrogen-bond acceptors (Lipinski definition) is 10. The van der Waals surface area contributed by atoms with Crippen molar-refractivity contribution in [1.82, 2.24) is 9.80 Å². The molecular formula is C16H21N5O7. The van der Waals surface area contributed by atoms with Gasteiger partial charge in [-0.15, -0.1) is 0 Å². The van der Waals surface area contributed by atoms with Crippen LogP contribution in [0.4, 0.5) is 0 Å². The largest absolute Gasteiger partial charge is 0.394 e. The van der Waals surface area contributed by atoms with E-state index >= 15 is 0 Å². The minimum Gasteiger partial charge on any atom is -0.394 e. The summed E-state index contributed by atoms with van der Waals surface area (Å²) in [4.78, 5) is 47.0. The van der Waals surface area contributed by atoms with Crippen molar-refractivity contribution in [3.63, 3.8) is 0 Å². The zero-order valence-corrected chi connectivity index (χ0v) is 15.4. The van der Waals surface area contributed by atoms with Crippen molar-refractivity contribution in [2.75, 3.05) is 6.61 Å². The molecule has 0 spiro atoms. The molecule has 0 radical (unpaired) electrons. The third kappa shape index (κ3) is 2.60. The van der Waals surface area contributed by atoms with Crippen molar-refractivity contribution in [2.45, 2.75) is 57.0 Å². The second kappa shape index (κ2) is 6.81. The number of fused-ring (bicyclic) bond motifs is 1. The molecule has 4 N–H and O–H groups in total. The van der Waals surface area contributed by atoms with E-state index < -0.39 is 66.2 Å². The van der Waals surface area contributed by atoms with Crippen LogP contribution in [0.25, 0.3) is 0 Å². The van der Waals surface area contributed by atoms with Crippen molar-refractivity contribution in [3.05, 3.63) is 0 Å². The summed E-state index contributed by atoms with van der Waals surface area (Å²) in [6.07, 6.45) is -5.54. The molecule has 3 heterocycles. The van der Waals surface area contributed by atoms with E-state index in [0.29, 0.717) is 0 Å². The number of aliphatic imine (C=N–C) groups is 2. The predicted molar refractivity (Wildman–Crippen MR) is 93.7 cm³/mol. The summed E-state index contributed by atoms with van der Waals surface area (Å²) >= 11 is 0. The highest BCUT2D eigenvalue weighted by molar-refractivity contribution is 6.43. The Kier molecular flexibility index (Phi) is 4.91. The molecule has 3 aliphatic rings. The second-order valence-electron chi connectivity index (χ2n) is 6.85. The lowest BCUT2D eigenvalue weighted by molar-refractivity contribution is -0.141. The Morgan fingerprint density at radius 2 is 1.89 bits per heavy atom. The van der Waals surface area contributed by atoms with E-state index in [-0.39, 0.29) is 5.84 Å². The number of carbonyl (C=O) groups excluding carboxylic acids is 3. The van der Waals surface area contributed by atoms with Crippen LogP contribution in [0.2, 0.25) is 0 Å². The number of ketones is 2. The van der Waals surface area contributed by atoms with Gasteiger partial charge < -0.3 is 25.0 Å². The molecule has 0 aromatic carbocycles. The number of aliphatic hydroxyl groups excluding tert-OH is 3. The van der Waals surface area contributed by atoms with Crippen molar-refractivity contribution in [3.8, 4) is 0 Å². The molecule has 152 valence electrons. The van der Waals surface area contributed by atoms with Crippen LogP contribution in [-0.2, 0) is 19.1 Å². The Labute approximate surface area is 159 Å². The number of carbonyl (C=O) groups is 3. The maximum absolute atomic E-state index is 12.5. The summed E-state index contributed by atoms with van der Waals surface area (Å²) in [5.41, 5.74) is -1.92. The predicted octanol–water partition coefficient (Wildman–Crippen LogP) is -2.75. The molecule has 1 amide bonds. The minimum absolute atomic E-state index is 0.346. The third-order valence-electron chi connectivity index (χ3n) is 5.10. The number of amides is 1. The summed E-state index contributed by atoms with van der Waals surface area (Å²) in [6, 6.07) is 0. The second-order valence-corrected chi connectivity index (χ2v) is 6.85. The topological polar surface area (TPSA) is 176 Å². The number of ether oxygens (including phenoxy) is 1. The van der Waals surface area contributed by atoms with Crippen LogP contribution in [0.15, 0.2) is 9.98 Å². The molecular weight excluding hydrogens is 374 g/mol. The lowest BCUT2D eigenvalue weighted by atomic mass is 9.87. The first-order valence-corrected chi connectivity index (χ1v) is 8.52. The molecule has 3 rings (SSSR count). The maximum atomic E-state index is 12.5. The Hall–Kier alpha value is -2.54. The molecule has 12 nitrogen and oxygen atoms in total. The molecule has 12 heteroatoms. The first-order valence-electron chi connectivity index (χ1n) is 8.52. The summed E-state index contributed by atoms with van der Waals surface area (Å²) in [5.74, 6) is -2.73. The Bertz CT molecular complexity index is 811. The van der Waals surface area contributed by atoms with Crippen LogP contribution in [0.1, 0.15) is 20.8 Å². The smallest absolute Gasteiger partial charge is 0.226 e. The number of amidine groups is 2. The number of nitrogens with one attached hydrogen (secondary N) is 1. The third-order valence-corrected chi connectivity index (χ3v) is 5.10. The van der Waals surface area contributed by atoms with Gasteiger partial charge in [-0.25, -0.2) is 9.98 Å². The molecule has 2 unspecified atom stereocenters. The SMILES string of the molecule is CC(=O)C1=NC(=N)C2(C(C)=O)N=CN([C@@H]3O[C@H](CO)[C@@H](O)[C@H]3O)C2N1C(C)=O. The van der Waals surface area contributed by atoms with E-state index in [0.717, 1.165) is 25.1 Å². The van der Waals surface area contributed by atoms with Gasteiger partial charge in [-0.05, 0) is 6.92 Å². The summed E-state index contributed by atoms with van der Waals surface area (Å²) < 4.78 is 5.49. The number of Topliss-reactive ketones (excluding diaryl/α,β-unsaturated/α-hetero) is 2. The number of nitrogens with zero attached hydrogens (tertiary/aromatic N) is 4. The molecule has 0 aromatic heterocycles. The van der Waals surface area contributed by atoms with Gasteiger partial charge >= 0.3 is 0 Å². The minimum atomic E-state index is -1.92. The molecule has 6 atom stereocenters. The molecule has 1 fully saturated rings. The van der Waals surface area contributed by atoms with Gasteiger partial charge in [0.05, 0.1) is 12.9 Å². The Morgan fingerprint density at radius 3 is 2.36 bits per heavy atom. The van der Waals surface area contributed by atoms with Crippen molar-refractivity contribution in [1.29, 1.82) is 5.41 Å². The van der Waals surface area contributed by atoms with Crippen LogP contribution >= 0.6 is 0 Å².